The maximum Gasteiger partial charge on any atom is 0.169 e. The van der Waals surface area contributed by atoms with E-state index in [0.29, 0.717) is 31.8 Å². The highest BCUT2D eigenvalue weighted by Crippen LogP contribution is 2.36. The zero-order valence-electron chi connectivity index (χ0n) is 21.7. The summed E-state index contributed by atoms with van der Waals surface area (Å²) in [4.78, 5) is 4.51. The van der Waals surface area contributed by atoms with Gasteiger partial charge in [-0.2, -0.15) is 0 Å². The standard InChI is InChI=1S/C27H30BrClFN3O2SSi/c1-27(2,3)36(34)33-20(14-21-25(30)23(37(4,5)6)15-24(28)31-21)17-9-7-8-10-18(17)26-19-12-11-16(29)13-22(19)35-32-26/h7-13,15,20,33H,14H2,1-6H3/t20-,36?/m0/s1. The van der Waals surface area contributed by atoms with Gasteiger partial charge in [0.2, 0.25) is 0 Å². The first-order valence-electron chi connectivity index (χ1n) is 11.9. The average molecular weight is 623 g/mol. The van der Waals surface area contributed by atoms with Crippen LogP contribution in [0.5, 0.6) is 0 Å². The quantitative estimate of drug-likeness (QED) is 0.133. The Morgan fingerprint density at radius 2 is 1.86 bits per heavy atom. The molecule has 0 amide bonds. The van der Waals surface area contributed by atoms with Crippen LogP contribution >= 0.6 is 27.5 Å². The van der Waals surface area contributed by atoms with Crippen molar-refractivity contribution in [2.75, 3.05) is 0 Å². The van der Waals surface area contributed by atoms with Crippen molar-refractivity contribution in [2.24, 2.45) is 0 Å². The summed E-state index contributed by atoms with van der Waals surface area (Å²) < 4.78 is 38.0. The van der Waals surface area contributed by atoms with E-state index in [1.54, 1.807) is 18.2 Å². The highest BCUT2D eigenvalue weighted by molar-refractivity contribution is 9.10. The summed E-state index contributed by atoms with van der Waals surface area (Å²) >= 11 is 8.20. The largest absolute Gasteiger partial charge is 0.598 e. The molecule has 0 bridgehead atoms. The van der Waals surface area contributed by atoms with E-state index in [-0.39, 0.29) is 12.2 Å². The van der Waals surface area contributed by atoms with E-state index in [4.69, 9.17) is 16.1 Å². The van der Waals surface area contributed by atoms with Crippen molar-refractivity contribution in [3.63, 3.8) is 0 Å². The van der Waals surface area contributed by atoms with Crippen molar-refractivity contribution in [1.29, 1.82) is 0 Å². The molecule has 10 heteroatoms. The molecule has 0 saturated heterocycles. The van der Waals surface area contributed by atoms with Crippen LogP contribution in [0, 0.1) is 5.82 Å². The summed E-state index contributed by atoms with van der Waals surface area (Å²) in [6.45, 7) is 12.0. The Morgan fingerprint density at radius 3 is 2.54 bits per heavy atom. The Balaban J connectivity index is 1.86. The molecule has 0 aliphatic heterocycles. The number of hydrogen-bond donors (Lipinski definition) is 1. The topological polar surface area (TPSA) is 74.0 Å². The van der Waals surface area contributed by atoms with Gasteiger partial charge in [-0.3, -0.25) is 0 Å². The highest BCUT2D eigenvalue weighted by Gasteiger charge is 2.33. The SMILES string of the molecule is CC(C)(C)[S+]([O-])N[C@@H](Cc1nc(Br)cc([Si](C)(C)C)c1F)c1ccccc1-c1noc2cc(Cl)ccc12. The fourth-order valence-corrected chi connectivity index (χ4v) is 7.08. The molecule has 0 saturated carbocycles. The molecule has 4 rings (SSSR count). The third-order valence-corrected chi connectivity index (χ3v) is 10.3. The molecule has 4 aromatic rings. The number of hydrogen-bond acceptors (Lipinski definition) is 5. The van der Waals surface area contributed by atoms with Gasteiger partial charge < -0.3 is 9.08 Å². The van der Waals surface area contributed by atoms with Crippen molar-refractivity contribution in [3.05, 3.63) is 75.2 Å². The van der Waals surface area contributed by atoms with E-state index < -0.39 is 30.2 Å². The van der Waals surface area contributed by atoms with Crippen LogP contribution in [0.25, 0.3) is 22.2 Å². The fraction of sp³-hybridized carbons (Fsp3) is 0.333. The molecule has 0 aliphatic rings. The molecular formula is C27H30BrClFN3O2SSi. The van der Waals surface area contributed by atoms with Crippen LogP contribution in [0.4, 0.5) is 4.39 Å². The van der Waals surface area contributed by atoms with Gasteiger partial charge in [0.1, 0.15) is 20.9 Å². The van der Waals surface area contributed by atoms with Crippen molar-refractivity contribution in [2.45, 2.75) is 57.6 Å². The summed E-state index contributed by atoms with van der Waals surface area (Å²) in [5, 5.41) is 6.39. The summed E-state index contributed by atoms with van der Waals surface area (Å²) in [5.74, 6) is -0.297. The lowest BCUT2D eigenvalue weighted by atomic mass is 9.94. The molecule has 2 atom stereocenters. The summed E-state index contributed by atoms with van der Waals surface area (Å²) in [6.07, 6.45) is 0.198. The van der Waals surface area contributed by atoms with E-state index in [1.165, 1.54) is 0 Å². The van der Waals surface area contributed by atoms with Gasteiger partial charge in [-0.25, -0.2) is 9.37 Å². The monoisotopic (exact) mass is 621 g/mol. The number of aromatic nitrogens is 2. The number of nitrogens with zero attached hydrogens (tertiary/aromatic N) is 2. The zero-order chi connectivity index (χ0) is 27.1. The molecule has 196 valence electrons. The van der Waals surface area contributed by atoms with Crippen LogP contribution in [0.2, 0.25) is 24.7 Å². The van der Waals surface area contributed by atoms with Gasteiger partial charge in [0.25, 0.3) is 0 Å². The molecular weight excluding hydrogens is 593 g/mol. The molecule has 1 N–H and O–H groups in total. The number of benzene rings is 2. The summed E-state index contributed by atoms with van der Waals surface area (Å²) in [6, 6.07) is 14.3. The second-order valence-corrected chi connectivity index (χ2v) is 19.3. The van der Waals surface area contributed by atoms with Crippen LogP contribution in [-0.2, 0) is 17.8 Å². The first-order valence-corrected chi connectivity index (χ1v) is 17.8. The normalized spacial score (nSPS) is 14.2. The molecule has 0 fully saturated rings. The van der Waals surface area contributed by atoms with Gasteiger partial charge in [-0.1, -0.05) is 60.7 Å². The lowest BCUT2D eigenvalue weighted by Gasteiger charge is -2.29. The first kappa shape index (κ1) is 28.3. The number of pyridine rings is 1. The molecule has 0 aliphatic carbocycles. The van der Waals surface area contributed by atoms with Gasteiger partial charge in [-0.05, 0) is 65.7 Å². The molecule has 2 aromatic carbocycles. The Hall–Kier alpha value is -1.75. The van der Waals surface area contributed by atoms with Gasteiger partial charge >= 0.3 is 0 Å². The first-order chi connectivity index (χ1) is 17.3. The van der Waals surface area contributed by atoms with Gasteiger partial charge in [0.05, 0.1) is 19.8 Å². The van der Waals surface area contributed by atoms with E-state index >= 15 is 4.39 Å². The number of fused-ring (bicyclic) bond motifs is 1. The van der Waals surface area contributed by atoms with E-state index in [0.717, 1.165) is 16.5 Å². The minimum atomic E-state index is -1.98. The van der Waals surface area contributed by atoms with Crippen LogP contribution in [0.3, 0.4) is 0 Å². The minimum Gasteiger partial charge on any atom is -0.598 e. The van der Waals surface area contributed by atoms with Crippen LogP contribution < -0.4 is 9.91 Å². The number of nitrogens with one attached hydrogen (secondary N) is 1. The smallest absolute Gasteiger partial charge is 0.169 e. The molecule has 2 aromatic heterocycles. The molecule has 5 nitrogen and oxygen atoms in total. The van der Waals surface area contributed by atoms with Gasteiger partial charge in [0, 0.05) is 39.8 Å². The Labute approximate surface area is 234 Å². The predicted molar refractivity (Wildman–Crippen MR) is 157 cm³/mol. The van der Waals surface area contributed by atoms with Crippen molar-refractivity contribution in [1.82, 2.24) is 14.9 Å². The fourth-order valence-electron chi connectivity index (χ4n) is 4.07. The lowest BCUT2D eigenvalue weighted by Crippen LogP contribution is -2.43. The highest BCUT2D eigenvalue weighted by atomic mass is 79.9. The molecule has 0 spiro atoms. The van der Waals surface area contributed by atoms with Crippen LogP contribution in [0.15, 0.2) is 57.7 Å². The second-order valence-electron chi connectivity index (χ2n) is 11.0. The maximum absolute atomic E-state index is 15.8. The summed E-state index contributed by atoms with van der Waals surface area (Å²) in [5.41, 5.74) is 3.15. The number of halogens is 3. The Bertz CT molecular complexity index is 1440. The van der Waals surface area contributed by atoms with Gasteiger partial charge in [-0.15, -0.1) is 4.72 Å². The predicted octanol–water partition coefficient (Wildman–Crippen LogP) is 7.33. The Morgan fingerprint density at radius 1 is 1.16 bits per heavy atom. The zero-order valence-corrected chi connectivity index (χ0v) is 25.8. The molecule has 0 radical (unpaired) electrons. The third-order valence-electron chi connectivity index (χ3n) is 6.03. The van der Waals surface area contributed by atoms with Crippen molar-refractivity contribution in [3.8, 4) is 11.3 Å². The van der Waals surface area contributed by atoms with Crippen molar-refractivity contribution < 1.29 is 13.5 Å². The van der Waals surface area contributed by atoms with Crippen LogP contribution in [0.1, 0.15) is 38.1 Å². The number of rotatable bonds is 7. The van der Waals surface area contributed by atoms with Crippen molar-refractivity contribution >= 4 is 63.1 Å². The van der Waals surface area contributed by atoms with E-state index in [9.17, 15) is 4.55 Å². The molecule has 37 heavy (non-hydrogen) atoms. The lowest BCUT2D eigenvalue weighted by molar-refractivity contribution is 0.459. The average Bonchev–Trinajstić information content (AvgIpc) is 3.22. The summed E-state index contributed by atoms with van der Waals surface area (Å²) in [7, 11) is -1.98. The maximum atomic E-state index is 15.8. The minimum absolute atomic E-state index is 0.198. The Kier molecular flexibility index (Phi) is 8.24. The van der Waals surface area contributed by atoms with Gasteiger partial charge in [0.15, 0.2) is 5.58 Å². The van der Waals surface area contributed by atoms with E-state index in [1.807, 2.05) is 51.1 Å². The third kappa shape index (κ3) is 6.29. The molecule has 2 heterocycles. The second kappa shape index (κ2) is 10.8. The molecule has 1 unspecified atom stereocenters. The van der Waals surface area contributed by atoms with E-state index in [2.05, 4.69) is 50.4 Å². The van der Waals surface area contributed by atoms with Crippen LogP contribution in [-0.4, -0.2) is 27.5 Å².